The van der Waals surface area contributed by atoms with E-state index in [9.17, 15) is 4.79 Å². The topological polar surface area (TPSA) is 49.8 Å². The van der Waals surface area contributed by atoms with Crippen molar-refractivity contribution < 1.29 is 14.6 Å². The van der Waals surface area contributed by atoms with Gasteiger partial charge < -0.3 is 9.84 Å². The average molecular weight is 303 g/mol. The monoisotopic (exact) mass is 303 g/mol. The van der Waals surface area contributed by atoms with Crippen molar-refractivity contribution in [3.63, 3.8) is 0 Å². The van der Waals surface area contributed by atoms with Crippen LogP contribution in [0.15, 0.2) is 35.9 Å². The van der Waals surface area contributed by atoms with Crippen molar-refractivity contribution >= 4 is 5.97 Å². The number of benzene rings is 1. The molecule has 1 atom stereocenters. The number of nitrogens with zero attached hydrogens (tertiary/aromatic N) is 1. The second-order valence-electron chi connectivity index (χ2n) is 6.32. The van der Waals surface area contributed by atoms with E-state index >= 15 is 0 Å². The zero-order valence-corrected chi connectivity index (χ0v) is 13.6. The number of carbonyl (C=O) groups is 1. The van der Waals surface area contributed by atoms with E-state index in [1.54, 1.807) is 0 Å². The molecule has 0 radical (unpaired) electrons. The number of rotatable bonds is 7. The number of likely N-dealkylation sites (tertiary alicyclic amines) is 1. The second kappa shape index (κ2) is 7.45. The van der Waals surface area contributed by atoms with Gasteiger partial charge in [-0.1, -0.05) is 23.8 Å². The maximum absolute atomic E-state index is 10.8. The van der Waals surface area contributed by atoms with Crippen LogP contribution >= 0.6 is 0 Å². The first kappa shape index (κ1) is 16.6. The van der Waals surface area contributed by atoms with Crippen LogP contribution in [0, 0.1) is 5.92 Å². The summed E-state index contributed by atoms with van der Waals surface area (Å²) in [6.07, 6.45) is 3.25. The average Bonchev–Trinajstić information content (AvgIpc) is 2.41. The molecular weight excluding hydrogens is 278 g/mol. The van der Waals surface area contributed by atoms with Gasteiger partial charge in [0.1, 0.15) is 5.75 Å². The molecule has 0 aromatic heterocycles. The minimum atomic E-state index is -0.689. The van der Waals surface area contributed by atoms with Gasteiger partial charge in [-0.15, -0.1) is 0 Å². The predicted molar refractivity (Wildman–Crippen MR) is 87.0 cm³/mol. The molecule has 4 nitrogen and oxygen atoms in total. The molecule has 0 spiro atoms. The van der Waals surface area contributed by atoms with E-state index < -0.39 is 5.97 Å². The Morgan fingerprint density at radius 3 is 2.55 bits per heavy atom. The fraction of sp³-hybridized carbons (Fsp3) is 0.500. The number of carboxylic acid groups (broad SMARTS) is 1. The van der Waals surface area contributed by atoms with Crippen molar-refractivity contribution in [3.05, 3.63) is 41.5 Å². The molecule has 1 aliphatic heterocycles. The lowest BCUT2D eigenvalue weighted by Crippen LogP contribution is -2.49. The molecule has 0 aliphatic carbocycles. The number of aliphatic carboxylic acids is 1. The Morgan fingerprint density at radius 1 is 1.36 bits per heavy atom. The highest BCUT2D eigenvalue weighted by Gasteiger charge is 2.32. The van der Waals surface area contributed by atoms with Gasteiger partial charge in [0.15, 0.2) is 0 Å². The molecule has 2 rings (SSSR count). The number of hydrogen-bond acceptors (Lipinski definition) is 3. The number of allylic oxidation sites excluding steroid dienone is 1. The summed E-state index contributed by atoms with van der Waals surface area (Å²) in [5, 5.41) is 8.87. The fourth-order valence-electron chi connectivity index (χ4n) is 2.47. The lowest BCUT2D eigenvalue weighted by atomic mass is 10.00. The van der Waals surface area contributed by atoms with Crippen molar-refractivity contribution in [1.82, 2.24) is 4.90 Å². The molecule has 22 heavy (non-hydrogen) atoms. The molecule has 1 saturated heterocycles. The maximum atomic E-state index is 10.8. The molecule has 1 N–H and O–H groups in total. The van der Waals surface area contributed by atoms with Crippen LogP contribution in [0.5, 0.6) is 5.75 Å². The Labute approximate surface area is 132 Å². The van der Waals surface area contributed by atoms with Gasteiger partial charge in [0, 0.05) is 26.1 Å². The SMILES string of the molecule is CC(C)=CC[C@@H](C)Oc1ccc(CN2CC(C(=O)O)C2)cc1. The van der Waals surface area contributed by atoms with Crippen LogP contribution < -0.4 is 4.74 Å². The maximum Gasteiger partial charge on any atom is 0.309 e. The van der Waals surface area contributed by atoms with Crippen molar-refractivity contribution in [2.45, 2.75) is 39.8 Å². The molecule has 1 aromatic rings. The molecule has 1 aliphatic rings. The third-order valence-electron chi connectivity index (χ3n) is 3.83. The van der Waals surface area contributed by atoms with Gasteiger partial charge in [-0.25, -0.2) is 0 Å². The van der Waals surface area contributed by atoms with Gasteiger partial charge in [0.2, 0.25) is 0 Å². The van der Waals surface area contributed by atoms with Crippen molar-refractivity contribution in [2.24, 2.45) is 5.92 Å². The van der Waals surface area contributed by atoms with Crippen LogP contribution in [0.1, 0.15) is 32.8 Å². The largest absolute Gasteiger partial charge is 0.490 e. The standard InChI is InChI=1S/C18H25NO3/c1-13(2)4-5-14(3)22-17-8-6-15(7-9-17)10-19-11-16(12-19)18(20)21/h4,6-9,14,16H,5,10-12H2,1-3H3,(H,20,21)/t14-/m1/s1. The van der Waals surface area contributed by atoms with Gasteiger partial charge in [0.25, 0.3) is 0 Å². The number of carboxylic acids is 1. The van der Waals surface area contributed by atoms with Crippen LogP contribution in [0.4, 0.5) is 0 Å². The Hall–Kier alpha value is -1.81. The molecule has 120 valence electrons. The lowest BCUT2D eigenvalue weighted by molar-refractivity contribution is -0.147. The summed E-state index contributed by atoms with van der Waals surface area (Å²) < 4.78 is 5.88. The Balaban J connectivity index is 1.78. The number of hydrogen-bond donors (Lipinski definition) is 1. The van der Waals surface area contributed by atoms with Gasteiger partial charge in [-0.2, -0.15) is 0 Å². The summed E-state index contributed by atoms with van der Waals surface area (Å²) in [6.45, 7) is 8.34. The zero-order valence-electron chi connectivity index (χ0n) is 13.6. The molecule has 4 heteroatoms. The van der Waals surface area contributed by atoms with Crippen LogP contribution in [0.2, 0.25) is 0 Å². The Morgan fingerprint density at radius 2 is 2.00 bits per heavy atom. The first-order chi connectivity index (χ1) is 10.4. The van der Waals surface area contributed by atoms with E-state index in [-0.39, 0.29) is 12.0 Å². The highest BCUT2D eigenvalue weighted by atomic mass is 16.5. The van der Waals surface area contributed by atoms with E-state index in [4.69, 9.17) is 9.84 Å². The third kappa shape index (κ3) is 4.88. The molecule has 1 heterocycles. The lowest BCUT2D eigenvalue weighted by Gasteiger charge is -2.36. The molecule has 0 unspecified atom stereocenters. The van der Waals surface area contributed by atoms with Crippen molar-refractivity contribution in [3.8, 4) is 5.75 Å². The quantitative estimate of drug-likeness (QED) is 0.785. The first-order valence-corrected chi connectivity index (χ1v) is 7.78. The molecule has 0 bridgehead atoms. The highest BCUT2D eigenvalue weighted by molar-refractivity contribution is 5.71. The van der Waals surface area contributed by atoms with E-state index in [0.29, 0.717) is 13.1 Å². The summed E-state index contributed by atoms with van der Waals surface area (Å²) in [5.41, 5.74) is 2.49. The summed E-state index contributed by atoms with van der Waals surface area (Å²) in [4.78, 5) is 12.9. The van der Waals surface area contributed by atoms with Gasteiger partial charge in [-0.05, 0) is 38.5 Å². The van der Waals surface area contributed by atoms with Crippen LogP contribution in [-0.2, 0) is 11.3 Å². The van der Waals surface area contributed by atoms with Crippen LogP contribution in [-0.4, -0.2) is 35.2 Å². The normalized spacial score (nSPS) is 16.7. The van der Waals surface area contributed by atoms with E-state index in [0.717, 1.165) is 18.7 Å². The molecule has 1 aromatic carbocycles. The van der Waals surface area contributed by atoms with Crippen molar-refractivity contribution in [2.75, 3.05) is 13.1 Å². The van der Waals surface area contributed by atoms with E-state index in [2.05, 4.69) is 43.9 Å². The molecule has 1 fully saturated rings. The summed E-state index contributed by atoms with van der Waals surface area (Å²) >= 11 is 0. The van der Waals surface area contributed by atoms with Gasteiger partial charge >= 0.3 is 5.97 Å². The van der Waals surface area contributed by atoms with E-state index in [1.807, 2.05) is 12.1 Å². The highest BCUT2D eigenvalue weighted by Crippen LogP contribution is 2.21. The Kier molecular flexibility index (Phi) is 5.61. The molecular formula is C18H25NO3. The summed E-state index contributed by atoms with van der Waals surface area (Å²) in [6, 6.07) is 8.08. The third-order valence-corrected chi connectivity index (χ3v) is 3.83. The Bertz CT molecular complexity index is 526. The second-order valence-corrected chi connectivity index (χ2v) is 6.32. The minimum Gasteiger partial charge on any atom is -0.490 e. The van der Waals surface area contributed by atoms with Crippen molar-refractivity contribution in [1.29, 1.82) is 0 Å². The summed E-state index contributed by atoms with van der Waals surface area (Å²) in [5.74, 6) is -0.00527. The predicted octanol–water partition coefficient (Wildman–Crippen LogP) is 3.33. The molecule has 0 saturated carbocycles. The van der Waals surface area contributed by atoms with Gasteiger partial charge in [-0.3, -0.25) is 9.69 Å². The summed E-state index contributed by atoms with van der Waals surface area (Å²) in [7, 11) is 0. The van der Waals surface area contributed by atoms with Gasteiger partial charge in [0.05, 0.1) is 12.0 Å². The first-order valence-electron chi connectivity index (χ1n) is 7.78. The van der Waals surface area contributed by atoms with E-state index in [1.165, 1.54) is 11.1 Å². The fourth-order valence-corrected chi connectivity index (χ4v) is 2.47. The van der Waals surface area contributed by atoms with Crippen LogP contribution in [0.25, 0.3) is 0 Å². The minimum absolute atomic E-state index is 0.160. The van der Waals surface area contributed by atoms with Crippen LogP contribution in [0.3, 0.4) is 0 Å². The zero-order chi connectivity index (χ0) is 16.1. The smallest absolute Gasteiger partial charge is 0.309 e. The number of ether oxygens (including phenoxy) is 1. The molecule has 0 amide bonds.